The van der Waals surface area contributed by atoms with E-state index in [0.29, 0.717) is 16.9 Å². The zero-order valence-electron chi connectivity index (χ0n) is 20.9. The number of esters is 1. The molecule has 0 bridgehead atoms. The summed E-state index contributed by atoms with van der Waals surface area (Å²) in [6.45, 7) is 6.73. The van der Waals surface area contributed by atoms with Crippen LogP contribution in [0.2, 0.25) is 0 Å². The van der Waals surface area contributed by atoms with Crippen LogP contribution in [-0.2, 0) is 23.9 Å². The number of ether oxygens (including phenoxy) is 2. The zero-order chi connectivity index (χ0) is 25.1. The largest absolute Gasteiger partial charge is 0.468 e. The van der Waals surface area contributed by atoms with E-state index >= 15 is 0 Å². The topological polar surface area (TPSA) is 89.9 Å². The summed E-state index contributed by atoms with van der Waals surface area (Å²) in [7, 11) is 0. The van der Waals surface area contributed by atoms with Gasteiger partial charge < -0.3 is 14.6 Å². The lowest BCUT2D eigenvalue weighted by molar-refractivity contribution is -0.165. The van der Waals surface area contributed by atoms with Gasteiger partial charge in [-0.1, -0.05) is 63.7 Å². The lowest BCUT2D eigenvalue weighted by Crippen LogP contribution is -2.50. The third-order valence-corrected chi connectivity index (χ3v) is 5.96. The van der Waals surface area contributed by atoms with Crippen LogP contribution in [0.3, 0.4) is 0 Å². The van der Waals surface area contributed by atoms with Crippen LogP contribution in [0.5, 0.6) is 0 Å². The molecule has 0 spiro atoms. The van der Waals surface area contributed by atoms with Crippen molar-refractivity contribution in [3.8, 4) is 0 Å². The lowest BCUT2D eigenvalue weighted by atomic mass is 9.80. The van der Waals surface area contributed by atoms with Crippen molar-refractivity contribution in [2.45, 2.75) is 97.2 Å². The second-order valence-corrected chi connectivity index (χ2v) is 9.22. The van der Waals surface area contributed by atoms with E-state index in [9.17, 15) is 19.5 Å². The highest BCUT2D eigenvalue weighted by atomic mass is 16.6. The number of aliphatic hydroxyl groups is 1. The number of Topliss-reactive ketones (excluding diaryl/α,β-unsaturated/α-hetero) is 1. The van der Waals surface area contributed by atoms with Crippen molar-refractivity contribution in [2.75, 3.05) is 0 Å². The van der Waals surface area contributed by atoms with Crippen LogP contribution in [-0.4, -0.2) is 34.3 Å². The molecule has 1 aliphatic heterocycles. The molecule has 2 aliphatic rings. The number of unbranched alkanes of at least 4 members (excludes halogenated alkanes) is 7. The normalized spacial score (nSPS) is 21.4. The molecule has 0 aromatic carbocycles. The standard InChI is InChI=1S/C28H38O6/c1-5-6-7-8-9-10-11-12-13-14-15-20(2)27(32)34-28(4)25(30)18-22-17-23(16-21(3)29)33-19-24(22)26(28)31/h13-15,17-19,21,29H,5-12,16H2,1-4H3/b14-13+,20-15+. The molecule has 0 amide bonds. The van der Waals surface area contributed by atoms with Crippen molar-refractivity contribution in [1.82, 2.24) is 0 Å². The summed E-state index contributed by atoms with van der Waals surface area (Å²) in [5.74, 6) is -1.50. The van der Waals surface area contributed by atoms with Gasteiger partial charge in [-0.2, -0.15) is 0 Å². The molecule has 2 unspecified atom stereocenters. The summed E-state index contributed by atoms with van der Waals surface area (Å²) >= 11 is 0. The highest BCUT2D eigenvalue weighted by Crippen LogP contribution is 2.34. The first-order valence-corrected chi connectivity index (χ1v) is 12.3. The second kappa shape index (κ2) is 13.2. The van der Waals surface area contributed by atoms with Crippen LogP contribution in [0.4, 0.5) is 0 Å². The number of hydrogen-bond donors (Lipinski definition) is 1. The fraction of sp³-hybridized carbons (Fsp3) is 0.536. The summed E-state index contributed by atoms with van der Waals surface area (Å²) in [5.41, 5.74) is -1.08. The Bertz CT molecular complexity index is 915. The Morgan fingerprint density at radius 3 is 2.50 bits per heavy atom. The van der Waals surface area contributed by atoms with E-state index < -0.39 is 29.2 Å². The predicted molar refractivity (Wildman–Crippen MR) is 132 cm³/mol. The number of hydrogen-bond acceptors (Lipinski definition) is 6. The highest BCUT2D eigenvalue weighted by Gasteiger charge is 2.49. The van der Waals surface area contributed by atoms with Gasteiger partial charge in [-0.3, -0.25) is 9.59 Å². The van der Waals surface area contributed by atoms with E-state index in [-0.39, 0.29) is 12.0 Å². The van der Waals surface area contributed by atoms with E-state index in [4.69, 9.17) is 9.47 Å². The van der Waals surface area contributed by atoms with E-state index in [1.807, 2.05) is 12.2 Å². The maximum Gasteiger partial charge on any atom is 0.335 e. The summed E-state index contributed by atoms with van der Waals surface area (Å²) in [6.07, 6.45) is 18.8. The van der Waals surface area contributed by atoms with E-state index in [0.717, 1.165) is 12.8 Å². The molecule has 0 fully saturated rings. The number of aliphatic hydroxyl groups excluding tert-OH is 1. The number of fused-ring (bicyclic) bond motifs is 1. The van der Waals surface area contributed by atoms with Gasteiger partial charge in [0.25, 0.3) is 0 Å². The van der Waals surface area contributed by atoms with Crippen LogP contribution in [0.25, 0.3) is 0 Å². The number of ketones is 2. The van der Waals surface area contributed by atoms with E-state index in [2.05, 4.69) is 6.92 Å². The van der Waals surface area contributed by atoms with Gasteiger partial charge in [0.05, 0.1) is 11.7 Å². The molecule has 1 aliphatic carbocycles. The number of allylic oxidation sites excluding steroid dienone is 5. The van der Waals surface area contributed by atoms with Gasteiger partial charge in [0.1, 0.15) is 12.0 Å². The molecule has 1 heterocycles. The van der Waals surface area contributed by atoms with Gasteiger partial charge in [-0.25, -0.2) is 4.79 Å². The third kappa shape index (κ3) is 7.66. The molecule has 2 rings (SSSR count). The zero-order valence-corrected chi connectivity index (χ0v) is 20.9. The minimum Gasteiger partial charge on any atom is -0.468 e. The maximum absolute atomic E-state index is 13.0. The van der Waals surface area contributed by atoms with Gasteiger partial charge in [-0.05, 0) is 51.3 Å². The monoisotopic (exact) mass is 470 g/mol. The molecule has 0 radical (unpaired) electrons. The van der Waals surface area contributed by atoms with E-state index in [1.165, 1.54) is 57.8 Å². The van der Waals surface area contributed by atoms with Crippen LogP contribution >= 0.6 is 0 Å². The Hall–Kier alpha value is -2.73. The maximum atomic E-state index is 13.0. The molecule has 0 aromatic heterocycles. The number of carbonyl (C=O) groups is 3. The first-order valence-electron chi connectivity index (χ1n) is 12.3. The smallest absolute Gasteiger partial charge is 0.335 e. The average molecular weight is 471 g/mol. The molecule has 0 saturated heterocycles. The Balaban J connectivity index is 1.92. The van der Waals surface area contributed by atoms with Crippen molar-refractivity contribution < 1.29 is 29.0 Å². The quantitative estimate of drug-likeness (QED) is 0.124. The fourth-order valence-electron chi connectivity index (χ4n) is 3.80. The van der Waals surface area contributed by atoms with Crippen molar-refractivity contribution in [3.05, 3.63) is 59.1 Å². The molecule has 6 heteroatoms. The Labute approximate surface area is 203 Å². The first-order chi connectivity index (χ1) is 16.2. The Kier molecular flexibility index (Phi) is 10.7. The minimum absolute atomic E-state index is 0.167. The molecule has 6 nitrogen and oxygen atoms in total. The van der Waals surface area contributed by atoms with Crippen molar-refractivity contribution in [3.63, 3.8) is 0 Å². The van der Waals surface area contributed by atoms with Crippen molar-refractivity contribution in [2.24, 2.45) is 0 Å². The molecule has 186 valence electrons. The molecular formula is C28H38O6. The Morgan fingerprint density at radius 2 is 1.82 bits per heavy atom. The predicted octanol–water partition coefficient (Wildman–Crippen LogP) is 5.58. The molecule has 1 N–H and O–H groups in total. The van der Waals surface area contributed by atoms with Gasteiger partial charge >= 0.3 is 5.97 Å². The van der Waals surface area contributed by atoms with Gasteiger partial charge in [0, 0.05) is 12.0 Å². The molecule has 0 aromatic rings. The summed E-state index contributed by atoms with van der Waals surface area (Å²) in [5, 5.41) is 9.53. The van der Waals surface area contributed by atoms with Gasteiger partial charge in [-0.15, -0.1) is 0 Å². The molecule has 34 heavy (non-hydrogen) atoms. The fourth-order valence-corrected chi connectivity index (χ4v) is 3.80. The molecule has 0 saturated carbocycles. The molecular weight excluding hydrogens is 432 g/mol. The molecule has 2 atom stereocenters. The van der Waals surface area contributed by atoms with Crippen LogP contribution in [0.1, 0.15) is 85.5 Å². The summed E-state index contributed by atoms with van der Waals surface area (Å²) in [4.78, 5) is 38.4. The third-order valence-electron chi connectivity index (χ3n) is 5.96. The summed E-state index contributed by atoms with van der Waals surface area (Å²) in [6, 6.07) is 0. The highest BCUT2D eigenvalue weighted by molar-refractivity contribution is 6.26. The average Bonchev–Trinajstić information content (AvgIpc) is 2.78. The first kappa shape index (κ1) is 27.5. The SMILES string of the molecule is CCCCCCCCC/C=C/C=C(\C)C(=O)OC1(C)C(=O)C=C2C=C(CC(C)O)OC=C2C1=O. The minimum atomic E-state index is -1.94. The van der Waals surface area contributed by atoms with Crippen LogP contribution < -0.4 is 0 Å². The number of rotatable bonds is 13. The van der Waals surface area contributed by atoms with Gasteiger partial charge in [0.15, 0.2) is 0 Å². The lowest BCUT2D eigenvalue weighted by Gasteiger charge is -2.31. The summed E-state index contributed by atoms with van der Waals surface area (Å²) < 4.78 is 10.8. The van der Waals surface area contributed by atoms with Crippen LogP contribution in [0, 0.1) is 0 Å². The van der Waals surface area contributed by atoms with Crippen molar-refractivity contribution in [1.29, 1.82) is 0 Å². The second-order valence-electron chi connectivity index (χ2n) is 9.22. The number of carbonyl (C=O) groups excluding carboxylic acids is 3. The van der Waals surface area contributed by atoms with Crippen molar-refractivity contribution >= 4 is 17.5 Å². The van der Waals surface area contributed by atoms with E-state index in [1.54, 1.807) is 26.0 Å². The van der Waals surface area contributed by atoms with Gasteiger partial charge in [0.2, 0.25) is 17.2 Å². The Morgan fingerprint density at radius 1 is 1.15 bits per heavy atom. The van der Waals surface area contributed by atoms with Crippen LogP contribution in [0.15, 0.2) is 59.1 Å².